The van der Waals surface area contributed by atoms with E-state index in [1.165, 1.54) is 0 Å². The van der Waals surface area contributed by atoms with Gasteiger partial charge in [0.25, 0.3) is 0 Å². The number of nitrogens with zero attached hydrogens (tertiary/aromatic N) is 7. The van der Waals surface area contributed by atoms with Gasteiger partial charge in [0, 0.05) is 9.82 Å². The van der Waals surface area contributed by atoms with E-state index in [0.717, 1.165) is 0 Å². The van der Waals surface area contributed by atoms with Gasteiger partial charge in [-0.05, 0) is 11.1 Å². The van der Waals surface area contributed by atoms with Crippen LogP contribution in [0.2, 0.25) is 0 Å². The minimum Gasteiger partial charge on any atom is -0.261 e. The molecule has 0 N–H and O–H groups in total. The standard InChI is InChI=1S/C3H4FN7O2/c4-3(11(12)13,1-7-9-5)2-8-10-6/h1-2H2. The molecule has 0 bridgehead atoms. The summed E-state index contributed by atoms with van der Waals surface area (Å²) in [6.45, 7) is -2.01. The van der Waals surface area contributed by atoms with Crippen molar-refractivity contribution in [2.45, 2.75) is 5.79 Å². The molecule has 10 heteroatoms. The average Bonchev–Trinajstić information content (AvgIpc) is 2.11. The van der Waals surface area contributed by atoms with Crippen molar-refractivity contribution in [3.63, 3.8) is 0 Å². The van der Waals surface area contributed by atoms with Gasteiger partial charge < -0.3 is 0 Å². The lowest BCUT2D eigenvalue weighted by Gasteiger charge is -2.10. The van der Waals surface area contributed by atoms with Crippen LogP contribution >= 0.6 is 0 Å². The molecular formula is C3H4FN7O2. The highest BCUT2D eigenvalue weighted by atomic mass is 19.1. The zero-order valence-corrected chi connectivity index (χ0v) is 6.24. The summed E-state index contributed by atoms with van der Waals surface area (Å²) in [6, 6.07) is 0. The highest BCUT2D eigenvalue weighted by Gasteiger charge is 2.41. The Kier molecular flexibility index (Phi) is 4.00. The molecule has 0 aliphatic rings. The van der Waals surface area contributed by atoms with Gasteiger partial charge in [0.2, 0.25) is 0 Å². The number of hydrogen-bond acceptors (Lipinski definition) is 4. The van der Waals surface area contributed by atoms with Crippen LogP contribution in [0.3, 0.4) is 0 Å². The molecular weight excluding hydrogens is 185 g/mol. The number of nitro groups is 1. The molecule has 0 amide bonds. The minimum absolute atomic E-state index is 1.00. The van der Waals surface area contributed by atoms with E-state index >= 15 is 0 Å². The lowest BCUT2D eigenvalue weighted by molar-refractivity contribution is -0.598. The van der Waals surface area contributed by atoms with Crippen molar-refractivity contribution in [1.29, 1.82) is 0 Å². The predicted octanol–water partition coefficient (Wildman–Crippen LogP) is 1.55. The molecule has 0 aromatic rings. The number of rotatable bonds is 5. The fraction of sp³-hybridized carbons (Fsp3) is 1.00. The highest BCUT2D eigenvalue weighted by molar-refractivity contribution is 4.73. The molecule has 0 saturated heterocycles. The lowest BCUT2D eigenvalue weighted by Crippen LogP contribution is -2.39. The van der Waals surface area contributed by atoms with Gasteiger partial charge in [0.05, 0.1) is 4.92 Å². The van der Waals surface area contributed by atoms with Gasteiger partial charge in [-0.25, -0.2) is 0 Å². The predicted molar refractivity (Wildman–Crippen MR) is 38.9 cm³/mol. The monoisotopic (exact) mass is 189 g/mol. The van der Waals surface area contributed by atoms with Crippen LogP contribution in [0.5, 0.6) is 0 Å². The third-order valence-corrected chi connectivity index (χ3v) is 1.08. The number of azide groups is 2. The zero-order valence-electron chi connectivity index (χ0n) is 6.24. The van der Waals surface area contributed by atoms with Gasteiger partial charge in [-0.2, -0.15) is 4.39 Å². The van der Waals surface area contributed by atoms with Crippen LogP contribution in [0.4, 0.5) is 4.39 Å². The maximum absolute atomic E-state index is 13.1. The van der Waals surface area contributed by atoms with Crippen molar-refractivity contribution in [2.24, 2.45) is 10.2 Å². The topological polar surface area (TPSA) is 141 Å². The third-order valence-electron chi connectivity index (χ3n) is 1.08. The Morgan fingerprint density at radius 3 is 2.00 bits per heavy atom. The normalized spacial score (nSPS) is 13.3. The van der Waals surface area contributed by atoms with Crippen LogP contribution in [0.1, 0.15) is 0 Å². The maximum atomic E-state index is 13.1. The Morgan fingerprint density at radius 1 is 1.38 bits per heavy atom. The van der Waals surface area contributed by atoms with Crippen molar-refractivity contribution < 1.29 is 9.31 Å². The summed E-state index contributed by atoms with van der Waals surface area (Å²) in [5.74, 6) is -3.02. The molecule has 0 aliphatic carbocycles. The van der Waals surface area contributed by atoms with Crippen molar-refractivity contribution >= 4 is 0 Å². The van der Waals surface area contributed by atoms with E-state index in [9.17, 15) is 14.5 Å². The second-order valence-corrected chi connectivity index (χ2v) is 1.95. The van der Waals surface area contributed by atoms with Crippen LogP contribution in [0.15, 0.2) is 10.2 Å². The first-order chi connectivity index (χ1) is 6.06. The Labute approximate surface area is 70.6 Å². The quantitative estimate of drug-likeness (QED) is 0.161. The lowest BCUT2D eigenvalue weighted by atomic mass is 10.3. The first-order valence-electron chi connectivity index (χ1n) is 2.92. The van der Waals surface area contributed by atoms with Crippen LogP contribution in [-0.2, 0) is 0 Å². The van der Waals surface area contributed by atoms with Gasteiger partial charge >= 0.3 is 5.79 Å². The fourth-order valence-electron chi connectivity index (χ4n) is 0.445. The average molecular weight is 189 g/mol. The number of halogens is 1. The van der Waals surface area contributed by atoms with E-state index in [4.69, 9.17) is 11.1 Å². The Bertz CT molecular complexity index is 270. The summed E-state index contributed by atoms with van der Waals surface area (Å²) in [6.07, 6.45) is 0. The minimum atomic E-state index is -3.02. The Morgan fingerprint density at radius 2 is 1.77 bits per heavy atom. The van der Waals surface area contributed by atoms with Gasteiger partial charge in [-0.15, -0.1) is 0 Å². The largest absolute Gasteiger partial charge is 0.370 e. The molecule has 0 aromatic heterocycles. The van der Waals surface area contributed by atoms with Gasteiger partial charge in [0.15, 0.2) is 0 Å². The molecule has 0 atom stereocenters. The summed E-state index contributed by atoms with van der Waals surface area (Å²) >= 11 is 0. The van der Waals surface area contributed by atoms with E-state index in [1.54, 1.807) is 0 Å². The Balaban J connectivity index is 4.60. The molecule has 13 heavy (non-hydrogen) atoms. The van der Waals surface area contributed by atoms with Crippen LogP contribution in [0.25, 0.3) is 20.9 Å². The van der Waals surface area contributed by atoms with Crippen molar-refractivity contribution in [2.75, 3.05) is 13.1 Å². The molecule has 9 nitrogen and oxygen atoms in total. The van der Waals surface area contributed by atoms with Crippen LogP contribution in [-0.4, -0.2) is 23.8 Å². The summed E-state index contributed by atoms with van der Waals surface area (Å²) in [4.78, 5) is 13.1. The van der Waals surface area contributed by atoms with E-state index < -0.39 is 23.8 Å². The van der Waals surface area contributed by atoms with E-state index in [-0.39, 0.29) is 0 Å². The molecule has 0 spiro atoms. The van der Waals surface area contributed by atoms with Crippen LogP contribution < -0.4 is 0 Å². The first kappa shape index (κ1) is 11.0. The maximum Gasteiger partial charge on any atom is 0.370 e. The van der Waals surface area contributed by atoms with Gasteiger partial charge in [-0.1, -0.05) is 10.2 Å². The van der Waals surface area contributed by atoms with Crippen molar-refractivity contribution in [1.82, 2.24) is 0 Å². The molecule has 0 unspecified atom stereocenters. The summed E-state index contributed by atoms with van der Waals surface area (Å²) < 4.78 is 13.1. The SMILES string of the molecule is [N-]=[N+]=NCC(F)(CN=[N+]=[N-])[N+](=O)[O-]. The molecule has 0 aliphatic heterocycles. The Hall–Kier alpha value is -2.05. The second kappa shape index (κ2) is 4.75. The first-order valence-corrected chi connectivity index (χ1v) is 2.92. The van der Waals surface area contributed by atoms with Crippen molar-refractivity contribution in [3.8, 4) is 0 Å². The highest BCUT2D eigenvalue weighted by Crippen LogP contribution is 2.13. The van der Waals surface area contributed by atoms with E-state index in [2.05, 4.69) is 20.1 Å². The summed E-state index contributed by atoms with van der Waals surface area (Å²) in [5.41, 5.74) is 15.6. The van der Waals surface area contributed by atoms with Crippen LogP contribution in [0, 0.1) is 10.1 Å². The second-order valence-electron chi connectivity index (χ2n) is 1.95. The van der Waals surface area contributed by atoms with E-state index in [0.29, 0.717) is 0 Å². The third kappa shape index (κ3) is 3.23. The smallest absolute Gasteiger partial charge is 0.261 e. The number of hydrogen-bond donors (Lipinski definition) is 0. The van der Waals surface area contributed by atoms with E-state index in [1.807, 2.05) is 0 Å². The summed E-state index contributed by atoms with van der Waals surface area (Å²) in [7, 11) is 0. The molecule has 0 saturated carbocycles. The van der Waals surface area contributed by atoms with Gasteiger partial charge in [0.1, 0.15) is 13.1 Å². The molecule has 70 valence electrons. The van der Waals surface area contributed by atoms with Gasteiger partial charge in [-0.3, -0.25) is 10.1 Å². The molecule has 0 aromatic carbocycles. The summed E-state index contributed by atoms with van der Waals surface area (Å²) in [5, 5.41) is 15.5. The zero-order chi connectivity index (χ0) is 10.3. The molecule has 0 rings (SSSR count). The number of alkyl halides is 1. The molecule has 0 radical (unpaired) electrons. The van der Waals surface area contributed by atoms with Crippen molar-refractivity contribution in [3.05, 3.63) is 31.0 Å². The fourth-order valence-corrected chi connectivity index (χ4v) is 0.445. The molecule has 0 heterocycles. The molecule has 0 fully saturated rings.